The van der Waals surface area contributed by atoms with Crippen LogP contribution in [0.5, 0.6) is 0 Å². The molecule has 2 N–H and O–H groups in total. The van der Waals surface area contributed by atoms with E-state index in [4.69, 9.17) is 10.2 Å². The summed E-state index contributed by atoms with van der Waals surface area (Å²) in [5, 5.41) is 0. The molecule has 0 bridgehead atoms. The quantitative estimate of drug-likeness (QED) is 0.893. The first-order valence-corrected chi connectivity index (χ1v) is 7.18. The Labute approximate surface area is 110 Å². The van der Waals surface area contributed by atoms with Gasteiger partial charge in [0, 0.05) is 12.1 Å². The van der Waals surface area contributed by atoms with Crippen LogP contribution in [0.15, 0.2) is 16.7 Å². The Morgan fingerprint density at radius 1 is 1.39 bits per heavy atom. The number of hydrogen-bond donors (Lipinski definition) is 1. The van der Waals surface area contributed by atoms with Gasteiger partial charge in [0.05, 0.1) is 12.8 Å². The predicted octanol–water partition coefficient (Wildman–Crippen LogP) is 3.00. The second-order valence-corrected chi connectivity index (χ2v) is 5.78. The van der Waals surface area contributed by atoms with Gasteiger partial charge in [0.1, 0.15) is 5.76 Å². The lowest BCUT2D eigenvalue weighted by molar-refractivity contribution is 0.263. The number of nitrogens with zero attached hydrogens (tertiary/aromatic N) is 1. The van der Waals surface area contributed by atoms with E-state index in [2.05, 4.69) is 24.8 Å². The molecule has 0 amide bonds. The molecular formula is C15H26N2O. The van der Waals surface area contributed by atoms with Crippen LogP contribution in [0.1, 0.15) is 44.4 Å². The van der Waals surface area contributed by atoms with Crippen LogP contribution in [0.4, 0.5) is 0 Å². The van der Waals surface area contributed by atoms with Crippen molar-refractivity contribution < 1.29 is 4.42 Å². The van der Waals surface area contributed by atoms with Crippen molar-refractivity contribution in [3.8, 4) is 0 Å². The maximum absolute atomic E-state index is 5.68. The van der Waals surface area contributed by atoms with Gasteiger partial charge in [-0.3, -0.25) is 4.90 Å². The Balaban J connectivity index is 1.91. The lowest BCUT2D eigenvalue weighted by Crippen LogP contribution is -2.25. The molecule has 2 heterocycles. The molecule has 0 aliphatic carbocycles. The molecule has 1 aromatic rings. The zero-order valence-electron chi connectivity index (χ0n) is 11.7. The van der Waals surface area contributed by atoms with Crippen molar-refractivity contribution in [3.63, 3.8) is 0 Å². The smallest absolute Gasteiger partial charge is 0.121 e. The lowest BCUT2D eigenvalue weighted by atomic mass is 9.89. The summed E-state index contributed by atoms with van der Waals surface area (Å²) in [5.74, 6) is 2.66. The van der Waals surface area contributed by atoms with Crippen molar-refractivity contribution >= 4 is 0 Å². The molecule has 18 heavy (non-hydrogen) atoms. The van der Waals surface area contributed by atoms with Crippen LogP contribution in [0.25, 0.3) is 0 Å². The highest BCUT2D eigenvalue weighted by atomic mass is 16.3. The van der Waals surface area contributed by atoms with Crippen LogP contribution in [0.3, 0.4) is 0 Å². The highest BCUT2D eigenvalue weighted by molar-refractivity contribution is 5.16. The van der Waals surface area contributed by atoms with Gasteiger partial charge in [-0.1, -0.05) is 13.8 Å². The molecule has 1 aliphatic heterocycles. The van der Waals surface area contributed by atoms with Crippen molar-refractivity contribution in [1.29, 1.82) is 0 Å². The van der Waals surface area contributed by atoms with Gasteiger partial charge >= 0.3 is 0 Å². The lowest BCUT2D eigenvalue weighted by Gasteiger charge is -2.21. The monoisotopic (exact) mass is 250 g/mol. The summed E-state index contributed by atoms with van der Waals surface area (Å²) in [6.07, 6.45) is 5.78. The van der Waals surface area contributed by atoms with E-state index in [1.54, 1.807) is 6.26 Å². The molecule has 1 atom stereocenters. The highest BCUT2D eigenvalue weighted by Gasteiger charge is 2.20. The Bertz CT molecular complexity index is 359. The van der Waals surface area contributed by atoms with Gasteiger partial charge in [0.25, 0.3) is 0 Å². The standard InChI is InChI=1S/C15H26N2O/c1-12(2)13-4-3-7-17(8-5-13)11-14-6-9-18-15(14)10-16/h6,9,12-13H,3-5,7-8,10-11,16H2,1-2H3. The largest absolute Gasteiger partial charge is 0.468 e. The summed E-state index contributed by atoms with van der Waals surface area (Å²) in [7, 11) is 0. The molecule has 2 rings (SSSR count). The van der Waals surface area contributed by atoms with E-state index in [-0.39, 0.29) is 0 Å². The summed E-state index contributed by atoms with van der Waals surface area (Å²) in [5.41, 5.74) is 6.94. The summed E-state index contributed by atoms with van der Waals surface area (Å²) >= 11 is 0. The fourth-order valence-corrected chi connectivity index (χ4v) is 2.93. The number of rotatable bonds is 4. The van der Waals surface area contributed by atoms with Crippen molar-refractivity contribution in [2.45, 2.75) is 46.2 Å². The molecule has 1 saturated heterocycles. The molecule has 102 valence electrons. The molecule has 0 aromatic carbocycles. The first kappa shape index (κ1) is 13.6. The normalized spacial score (nSPS) is 22.3. The van der Waals surface area contributed by atoms with Crippen molar-refractivity contribution in [2.24, 2.45) is 17.6 Å². The van der Waals surface area contributed by atoms with Crippen molar-refractivity contribution in [2.75, 3.05) is 13.1 Å². The molecular weight excluding hydrogens is 224 g/mol. The molecule has 3 heteroatoms. The number of furan rings is 1. The molecule has 1 fully saturated rings. The zero-order valence-corrected chi connectivity index (χ0v) is 11.7. The Kier molecular flexibility index (Phi) is 4.84. The van der Waals surface area contributed by atoms with Gasteiger partial charge in [-0.05, 0) is 50.3 Å². The SMILES string of the molecule is CC(C)C1CCCN(Cc2ccoc2CN)CC1. The summed E-state index contributed by atoms with van der Waals surface area (Å²) in [4.78, 5) is 2.55. The Hall–Kier alpha value is -0.800. The van der Waals surface area contributed by atoms with Crippen LogP contribution in [0.2, 0.25) is 0 Å². The average Bonchev–Trinajstić information content (AvgIpc) is 2.65. The van der Waals surface area contributed by atoms with E-state index in [1.165, 1.54) is 37.9 Å². The molecule has 0 spiro atoms. The maximum atomic E-state index is 5.68. The van der Waals surface area contributed by atoms with Gasteiger partial charge in [0.2, 0.25) is 0 Å². The van der Waals surface area contributed by atoms with Gasteiger partial charge in [-0.25, -0.2) is 0 Å². The maximum Gasteiger partial charge on any atom is 0.121 e. The minimum absolute atomic E-state index is 0.505. The van der Waals surface area contributed by atoms with Crippen LogP contribution in [-0.2, 0) is 13.1 Å². The molecule has 1 aliphatic rings. The number of hydrogen-bond acceptors (Lipinski definition) is 3. The van der Waals surface area contributed by atoms with Crippen molar-refractivity contribution in [1.82, 2.24) is 4.90 Å². The summed E-state index contributed by atoms with van der Waals surface area (Å²) < 4.78 is 5.39. The predicted molar refractivity (Wildman–Crippen MR) is 74.1 cm³/mol. The first-order chi connectivity index (χ1) is 8.70. The average molecular weight is 250 g/mol. The minimum atomic E-state index is 0.505. The summed E-state index contributed by atoms with van der Waals surface area (Å²) in [6, 6.07) is 2.06. The van der Waals surface area contributed by atoms with Gasteiger partial charge in [-0.15, -0.1) is 0 Å². The van der Waals surface area contributed by atoms with Gasteiger partial charge in [0.15, 0.2) is 0 Å². The third-order valence-electron chi connectivity index (χ3n) is 4.23. The fourth-order valence-electron chi connectivity index (χ4n) is 2.93. The van der Waals surface area contributed by atoms with Crippen LogP contribution in [0, 0.1) is 11.8 Å². The van der Waals surface area contributed by atoms with E-state index >= 15 is 0 Å². The molecule has 1 aromatic heterocycles. The van der Waals surface area contributed by atoms with Crippen LogP contribution < -0.4 is 5.73 Å². The van der Waals surface area contributed by atoms with Gasteiger partial charge in [-0.2, -0.15) is 0 Å². The van der Waals surface area contributed by atoms with E-state index in [0.29, 0.717) is 6.54 Å². The molecule has 0 radical (unpaired) electrons. The zero-order chi connectivity index (χ0) is 13.0. The second kappa shape index (κ2) is 6.39. The topological polar surface area (TPSA) is 42.4 Å². The van der Waals surface area contributed by atoms with Gasteiger partial charge < -0.3 is 10.2 Å². The third-order valence-corrected chi connectivity index (χ3v) is 4.23. The Morgan fingerprint density at radius 2 is 2.22 bits per heavy atom. The molecule has 3 nitrogen and oxygen atoms in total. The summed E-state index contributed by atoms with van der Waals surface area (Å²) in [6.45, 7) is 8.61. The number of likely N-dealkylation sites (tertiary alicyclic amines) is 1. The van der Waals surface area contributed by atoms with E-state index in [0.717, 1.165) is 24.1 Å². The minimum Gasteiger partial charge on any atom is -0.468 e. The van der Waals surface area contributed by atoms with Crippen LogP contribution >= 0.6 is 0 Å². The highest BCUT2D eigenvalue weighted by Crippen LogP contribution is 2.25. The molecule has 1 unspecified atom stereocenters. The molecule has 0 saturated carbocycles. The Morgan fingerprint density at radius 3 is 2.94 bits per heavy atom. The fraction of sp³-hybridized carbons (Fsp3) is 0.733. The van der Waals surface area contributed by atoms with E-state index < -0.39 is 0 Å². The van der Waals surface area contributed by atoms with E-state index in [1.807, 2.05) is 0 Å². The third kappa shape index (κ3) is 3.36. The van der Waals surface area contributed by atoms with E-state index in [9.17, 15) is 0 Å². The van der Waals surface area contributed by atoms with Crippen LogP contribution in [-0.4, -0.2) is 18.0 Å². The second-order valence-electron chi connectivity index (χ2n) is 5.78. The number of nitrogens with two attached hydrogens (primary N) is 1. The first-order valence-electron chi connectivity index (χ1n) is 7.18. The van der Waals surface area contributed by atoms with Crippen molar-refractivity contribution in [3.05, 3.63) is 23.7 Å².